The minimum Gasteiger partial charge on any atom is -0.454 e. The van der Waals surface area contributed by atoms with Gasteiger partial charge in [-0.25, -0.2) is 9.78 Å². The third kappa shape index (κ3) is 4.51. The summed E-state index contributed by atoms with van der Waals surface area (Å²) in [5.41, 5.74) is 0.632. The van der Waals surface area contributed by atoms with Gasteiger partial charge in [0, 0.05) is 17.0 Å². The highest BCUT2D eigenvalue weighted by Gasteiger charge is 2.18. The number of fused-ring (bicyclic) bond motifs is 1. The normalized spacial score (nSPS) is 12.1. The van der Waals surface area contributed by atoms with Crippen molar-refractivity contribution in [2.45, 2.75) is 40.2 Å². The van der Waals surface area contributed by atoms with Crippen LogP contribution in [0.1, 0.15) is 46.9 Å². The fraction of sp³-hybridized carbons (Fsp3) is 0.350. The molecule has 2 aromatic heterocycles. The number of esters is 1. The molecule has 0 spiro atoms. The van der Waals surface area contributed by atoms with Gasteiger partial charge in [0.15, 0.2) is 0 Å². The van der Waals surface area contributed by atoms with E-state index in [1.165, 1.54) is 29.5 Å². The number of nitrogens with zero attached hydrogens (tertiary/aromatic N) is 2. The summed E-state index contributed by atoms with van der Waals surface area (Å²) in [4.78, 5) is 43.9. The molecular weight excluding hydrogens is 394 g/mol. The van der Waals surface area contributed by atoms with Gasteiger partial charge in [0.05, 0.1) is 15.9 Å². The van der Waals surface area contributed by atoms with E-state index >= 15 is 0 Å². The van der Waals surface area contributed by atoms with Gasteiger partial charge in [-0.15, -0.1) is 11.3 Å². The fourth-order valence-corrected chi connectivity index (χ4v) is 4.06. The van der Waals surface area contributed by atoms with Crippen molar-refractivity contribution >= 4 is 33.2 Å². The maximum Gasteiger partial charge on any atom is 0.338 e. The van der Waals surface area contributed by atoms with Gasteiger partial charge in [-0.3, -0.25) is 14.9 Å². The molecule has 1 N–H and O–H groups in total. The summed E-state index contributed by atoms with van der Waals surface area (Å²) < 4.78 is 5.18. The number of thiophene rings is 1. The van der Waals surface area contributed by atoms with Crippen molar-refractivity contribution in [1.82, 2.24) is 9.97 Å². The lowest BCUT2D eigenvalue weighted by atomic mass is 9.98. The van der Waals surface area contributed by atoms with Crippen LogP contribution in [0.15, 0.2) is 29.1 Å². The molecule has 0 aliphatic carbocycles. The molecule has 29 heavy (non-hydrogen) atoms. The Morgan fingerprint density at radius 3 is 2.86 bits per heavy atom. The molecule has 1 atom stereocenters. The molecule has 0 bridgehead atoms. The van der Waals surface area contributed by atoms with E-state index in [4.69, 9.17) is 4.74 Å². The minimum atomic E-state index is -0.726. The minimum absolute atomic E-state index is 0.0606. The number of H-pyrrole nitrogens is 1. The third-order valence-corrected chi connectivity index (χ3v) is 5.84. The molecule has 3 aromatic rings. The number of hydrogen-bond acceptors (Lipinski definition) is 7. The number of aryl methyl sites for hydroxylation is 1. The van der Waals surface area contributed by atoms with Gasteiger partial charge in [-0.2, -0.15) is 0 Å². The number of carbonyl (C=O) groups is 1. The van der Waals surface area contributed by atoms with Crippen LogP contribution >= 0.6 is 11.3 Å². The SMILES string of the molecule is CC[C@H](C)Cc1c(C)sc2nc(COC(=O)c3cccc([N+](=O)[O-])c3)[nH]c(=O)c12. The predicted octanol–water partition coefficient (Wildman–Crippen LogP) is 4.15. The Labute approximate surface area is 170 Å². The van der Waals surface area contributed by atoms with Gasteiger partial charge in [-0.05, 0) is 30.9 Å². The molecule has 3 rings (SSSR count). The van der Waals surface area contributed by atoms with E-state index in [1.807, 2.05) is 6.92 Å². The average molecular weight is 415 g/mol. The van der Waals surface area contributed by atoms with Crippen molar-refractivity contribution in [3.63, 3.8) is 0 Å². The van der Waals surface area contributed by atoms with Gasteiger partial charge in [-0.1, -0.05) is 26.3 Å². The van der Waals surface area contributed by atoms with Crippen molar-refractivity contribution in [3.8, 4) is 0 Å². The van der Waals surface area contributed by atoms with Gasteiger partial charge < -0.3 is 9.72 Å². The first kappa shape index (κ1) is 20.7. The Kier molecular flexibility index (Phi) is 6.07. The number of nitrogens with one attached hydrogen (secondary N) is 1. The van der Waals surface area contributed by atoms with Crippen molar-refractivity contribution in [1.29, 1.82) is 0 Å². The van der Waals surface area contributed by atoms with E-state index in [0.29, 0.717) is 16.1 Å². The smallest absolute Gasteiger partial charge is 0.338 e. The Morgan fingerprint density at radius 1 is 1.41 bits per heavy atom. The van der Waals surface area contributed by atoms with Crippen LogP contribution in [0.2, 0.25) is 0 Å². The number of nitro groups is 1. The maximum atomic E-state index is 12.6. The molecule has 2 heterocycles. The van der Waals surface area contributed by atoms with Crippen LogP contribution in [0.25, 0.3) is 10.2 Å². The van der Waals surface area contributed by atoms with E-state index in [1.54, 1.807) is 0 Å². The molecule has 8 nitrogen and oxygen atoms in total. The number of nitro benzene ring substituents is 1. The fourth-order valence-electron chi connectivity index (χ4n) is 2.99. The molecular formula is C20H21N3O5S. The Balaban J connectivity index is 1.81. The second-order valence-electron chi connectivity index (χ2n) is 6.93. The van der Waals surface area contributed by atoms with Crippen LogP contribution in [0.3, 0.4) is 0 Å². The molecule has 0 radical (unpaired) electrons. The Hall–Kier alpha value is -3.07. The summed E-state index contributed by atoms with van der Waals surface area (Å²) in [5, 5.41) is 11.4. The molecule has 0 unspecified atom stereocenters. The van der Waals surface area contributed by atoms with Gasteiger partial charge in [0.1, 0.15) is 17.3 Å². The van der Waals surface area contributed by atoms with Crippen molar-refractivity contribution < 1.29 is 14.5 Å². The summed E-state index contributed by atoms with van der Waals surface area (Å²) in [6.45, 7) is 6.01. The van der Waals surface area contributed by atoms with E-state index < -0.39 is 10.9 Å². The molecule has 1 aromatic carbocycles. The summed E-state index contributed by atoms with van der Waals surface area (Å²) >= 11 is 1.45. The lowest BCUT2D eigenvalue weighted by Gasteiger charge is -2.08. The van der Waals surface area contributed by atoms with Crippen molar-refractivity contribution in [2.24, 2.45) is 5.92 Å². The van der Waals surface area contributed by atoms with Gasteiger partial charge in [0.2, 0.25) is 0 Å². The van der Waals surface area contributed by atoms with Crippen molar-refractivity contribution in [2.75, 3.05) is 0 Å². The third-order valence-electron chi connectivity index (χ3n) is 4.79. The first-order valence-electron chi connectivity index (χ1n) is 9.22. The summed E-state index contributed by atoms with van der Waals surface area (Å²) in [5.74, 6) is -0.0321. The van der Waals surface area contributed by atoms with E-state index in [2.05, 4.69) is 23.8 Å². The topological polar surface area (TPSA) is 115 Å². The molecule has 0 aliphatic heterocycles. The van der Waals surface area contributed by atoms with Gasteiger partial charge >= 0.3 is 5.97 Å². The number of ether oxygens (including phenoxy) is 1. The molecule has 9 heteroatoms. The molecule has 0 saturated heterocycles. The maximum absolute atomic E-state index is 12.6. The Bertz CT molecular complexity index is 1130. The first-order chi connectivity index (χ1) is 13.8. The zero-order chi connectivity index (χ0) is 21.1. The highest BCUT2D eigenvalue weighted by molar-refractivity contribution is 7.18. The summed E-state index contributed by atoms with van der Waals surface area (Å²) in [6, 6.07) is 5.28. The predicted molar refractivity (Wildman–Crippen MR) is 110 cm³/mol. The van der Waals surface area contributed by atoms with Crippen LogP contribution in [0, 0.1) is 23.0 Å². The van der Waals surface area contributed by atoms with E-state index in [9.17, 15) is 19.7 Å². The van der Waals surface area contributed by atoms with Crippen molar-refractivity contribution in [3.05, 3.63) is 66.6 Å². The first-order valence-corrected chi connectivity index (χ1v) is 10.0. The lowest BCUT2D eigenvalue weighted by molar-refractivity contribution is -0.384. The number of rotatable bonds is 7. The van der Waals surface area contributed by atoms with Crippen LogP contribution in [0.4, 0.5) is 5.69 Å². The molecule has 152 valence electrons. The number of carbonyl (C=O) groups excluding carboxylic acids is 1. The second kappa shape index (κ2) is 8.52. The second-order valence-corrected chi connectivity index (χ2v) is 8.13. The lowest BCUT2D eigenvalue weighted by Crippen LogP contribution is -2.15. The number of aromatic nitrogens is 2. The highest BCUT2D eigenvalue weighted by Crippen LogP contribution is 2.29. The monoisotopic (exact) mass is 415 g/mol. The standard InChI is InChI=1S/C20H21N3O5S/c1-4-11(2)8-15-12(3)29-19-17(15)18(24)21-16(22-19)10-28-20(25)13-6-5-7-14(9-13)23(26)27/h5-7,9,11H,4,8,10H2,1-3H3,(H,21,22,24)/t11-/m0/s1. The van der Waals surface area contributed by atoms with Crippen LogP contribution in [-0.4, -0.2) is 20.9 Å². The van der Waals surface area contributed by atoms with E-state index in [-0.39, 0.29) is 29.2 Å². The molecule has 0 amide bonds. The molecule has 0 aliphatic rings. The number of benzene rings is 1. The largest absolute Gasteiger partial charge is 0.454 e. The van der Waals surface area contributed by atoms with Crippen LogP contribution in [-0.2, 0) is 17.8 Å². The summed E-state index contributed by atoms with van der Waals surface area (Å²) in [6.07, 6.45) is 1.84. The molecule has 0 saturated carbocycles. The number of non-ortho nitro benzene ring substituents is 1. The average Bonchev–Trinajstić information content (AvgIpc) is 3.01. The zero-order valence-corrected chi connectivity index (χ0v) is 17.2. The molecule has 0 fully saturated rings. The Morgan fingerprint density at radius 2 is 2.17 bits per heavy atom. The quantitative estimate of drug-likeness (QED) is 0.352. The zero-order valence-electron chi connectivity index (χ0n) is 16.4. The summed E-state index contributed by atoms with van der Waals surface area (Å²) in [7, 11) is 0. The van der Waals surface area contributed by atoms with Gasteiger partial charge in [0.25, 0.3) is 11.2 Å². The van der Waals surface area contributed by atoms with Crippen LogP contribution in [0.5, 0.6) is 0 Å². The number of aromatic amines is 1. The number of hydrogen-bond donors (Lipinski definition) is 1. The van der Waals surface area contributed by atoms with Crippen LogP contribution < -0.4 is 5.56 Å². The highest BCUT2D eigenvalue weighted by atomic mass is 32.1. The van der Waals surface area contributed by atoms with E-state index in [0.717, 1.165) is 29.3 Å².